The number of amides is 3. The summed E-state index contributed by atoms with van der Waals surface area (Å²) in [5, 5.41) is 3.14. The van der Waals surface area contributed by atoms with Gasteiger partial charge in [0, 0.05) is 19.5 Å². The number of hydrogen-bond donors (Lipinski definition) is 1. The highest BCUT2D eigenvalue weighted by Gasteiger charge is 2.20. The molecule has 4 nitrogen and oxygen atoms in total. The molecule has 0 saturated heterocycles. The first-order chi connectivity index (χ1) is 30.7. The van der Waals surface area contributed by atoms with Crippen LogP contribution in [-0.2, 0) is 4.79 Å². The molecule has 0 spiro atoms. The van der Waals surface area contributed by atoms with Crippen LogP contribution in [0.15, 0.2) is 0 Å². The smallest absolute Gasteiger partial charge is 0.324 e. The van der Waals surface area contributed by atoms with Gasteiger partial charge in [-0.15, -0.1) is 0 Å². The minimum absolute atomic E-state index is 0.0481. The second-order valence-corrected chi connectivity index (χ2v) is 20.1. The van der Waals surface area contributed by atoms with Crippen LogP contribution in [0.5, 0.6) is 0 Å². The summed E-state index contributed by atoms with van der Waals surface area (Å²) in [4.78, 5) is 28.3. The van der Waals surface area contributed by atoms with Crippen molar-refractivity contribution in [2.45, 2.75) is 348 Å². The van der Waals surface area contributed by atoms with E-state index in [2.05, 4.69) is 26.1 Å². The van der Waals surface area contributed by atoms with Gasteiger partial charge in [0.1, 0.15) is 0 Å². The molecule has 0 atom stereocenters. The molecule has 62 heavy (non-hydrogen) atoms. The number of rotatable bonds is 53. The first-order valence-corrected chi connectivity index (χ1v) is 29.3. The van der Waals surface area contributed by atoms with Crippen LogP contribution in [0.2, 0.25) is 0 Å². The summed E-state index contributed by atoms with van der Waals surface area (Å²) in [5.74, 6) is 0.0481. The Hall–Kier alpha value is -1.06. The number of hydrogen-bond acceptors (Lipinski definition) is 2. The van der Waals surface area contributed by atoms with E-state index in [1.807, 2.05) is 0 Å². The third-order valence-electron chi connectivity index (χ3n) is 13.8. The predicted molar refractivity (Wildman–Crippen MR) is 278 cm³/mol. The van der Waals surface area contributed by atoms with E-state index in [9.17, 15) is 9.59 Å². The van der Waals surface area contributed by atoms with Gasteiger partial charge in [0.05, 0.1) is 0 Å². The fourth-order valence-electron chi connectivity index (χ4n) is 9.43. The maximum Gasteiger partial charge on any atom is 0.324 e. The van der Waals surface area contributed by atoms with Gasteiger partial charge in [-0.2, -0.15) is 0 Å². The molecule has 3 amide bonds. The third kappa shape index (κ3) is 48.4. The normalized spacial score (nSPS) is 11.5. The quantitative estimate of drug-likeness (QED) is 0.0619. The Bertz CT molecular complexity index is 860. The van der Waals surface area contributed by atoms with Gasteiger partial charge in [-0.3, -0.25) is 9.69 Å². The summed E-state index contributed by atoms with van der Waals surface area (Å²) in [6.45, 7) is 8.17. The van der Waals surface area contributed by atoms with E-state index in [-0.39, 0.29) is 11.9 Å². The third-order valence-corrected chi connectivity index (χ3v) is 13.8. The van der Waals surface area contributed by atoms with Crippen molar-refractivity contribution < 1.29 is 9.59 Å². The molecular formula is C58H116N2O2. The van der Waals surface area contributed by atoms with Gasteiger partial charge in [0.15, 0.2) is 0 Å². The fraction of sp³-hybridized carbons (Fsp3) is 0.966. The number of imide groups is 1. The topological polar surface area (TPSA) is 49.4 Å². The second-order valence-electron chi connectivity index (χ2n) is 20.1. The van der Waals surface area contributed by atoms with Crippen LogP contribution in [0.1, 0.15) is 348 Å². The van der Waals surface area contributed by atoms with E-state index in [0.717, 1.165) is 32.1 Å². The highest BCUT2D eigenvalue weighted by Crippen LogP contribution is 2.18. The molecule has 0 aromatic rings. The molecule has 0 aliphatic heterocycles. The van der Waals surface area contributed by atoms with Crippen molar-refractivity contribution in [2.75, 3.05) is 13.1 Å². The Morgan fingerprint density at radius 3 is 0.742 bits per heavy atom. The molecular weight excluding hydrogens is 757 g/mol. The Morgan fingerprint density at radius 2 is 0.484 bits per heavy atom. The summed E-state index contributed by atoms with van der Waals surface area (Å²) in [7, 11) is 0. The molecule has 370 valence electrons. The molecule has 0 aliphatic carbocycles. The number of nitrogens with one attached hydrogen (secondary N) is 1. The van der Waals surface area contributed by atoms with E-state index >= 15 is 0 Å². The molecule has 0 aromatic carbocycles. The van der Waals surface area contributed by atoms with E-state index in [4.69, 9.17) is 0 Å². The van der Waals surface area contributed by atoms with Crippen molar-refractivity contribution in [3.8, 4) is 0 Å². The average molecular weight is 874 g/mol. The maximum absolute atomic E-state index is 13.4. The lowest BCUT2D eigenvalue weighted by molar-refractivity contribution is -0.128. The minimum Gasteiger partial charge on any atom is -0.338 e. The Morgan fingerprint density at radius 1 is 0.274 bits per heavy atom. The van der Waals surface area contributed by atoms with Gasteiger partial charge in [0.2, 0.25) is 5.91 Å². The summed E-state index contributed by atoms with van der Waals surface area (Å²) in [6, 6.07) is -0.140. The Balaban J connectivity index is 4.19. The van der Waals surface area contributed by atoms with E-state index in [1.165, 1.54) is 289 Å². The molecule has 1 N–H and O–H groups in total. The first-order valence-electron chi connectivity index (χ1n) is 29.3. The van der Waals surface area contributed by atoms with Crippen LogP contribution in [0.3, 0.4) is 0 Å². The largest absolute Gasteiger partial charge is 0.338 e. The molecule has 0 rings (SSSR count). The molecule has 0 heterocycles. The molecule has 0 aromatic heterocycles. The van der Waals surface area contributed by atoms with Gasteiger partial charge in [-0.1, -0.05) is 323 Å². The van der Waals surface area contributed by atoms with Crippen LogP contribution in [0.25, 0.3) is 0 Å². The van der Waals surface area contributed by atoms with Gasteiger partial charge >= 0.3 is 6.03 Å². The van der Waals surface area contributed by atoms with E-state index in [1.54, 1.807) is 4.90 Å². The summed E-state index contributed by atoms with van der Waals surface area (Å²) in [5.41, 5.74) is 0. The highest BCUT2D eigenvalue weighted by atomic mass is 16.2. The van der Waals surface area contributed by atoms with Crippen molar-refractivity contribution in [1.29, 1.82) is 0 Å². The van der Waals surface area contributed by atoms with Crippen molar-refractivity contribution in [2.24, 2.45) is 0 Å². The summed E-state index contributed by atoms with van der Waals surface area (Å²) >= 11 is 0. The lowest BCUT2D eigenvalue weighted by Crippen LogP contribution is -2.44. The summed E-state index contributed by atoms with van der Waals surface area (Å²) < 4.78 is 0. The first kappa shape index (κ1) is 60.9. The molecule has 0 saturated carbocycles. The molecule has 0 bridgehead atoms. The summed E-state index contributed by atoms with van der Waals surface area (Å²) in [6.07, 6.45) is 67.8. The van der Waals surface area contributed by atoms with Crippen LogP contribution >= 0.6 is 0 Å². The molecule has 0 fully saturated rings. The SMILES string of the molecule is CCCCCCCCCCCCCCCCCCCCC(=O)N(CCCCCCCCCCCCCCCCCC)C(=O)NCCCCCCCCCCCCCCCCCC. The zero-order valence-electron chi connectivity index (χ0n) is 43.2. The van der Waals surface area contributed by atoms with Crippen molar-refractivity contribution in [3.05, 3.63) is 0 Å². The van der Waals surface area contributed by atoms with Gasteiger partial charge in [0.25, 0.3) is 0 Å². The number of carbonyl (C=O) groups is 2. The van der Waals surface area contributed by atoms with Crippen molar-refractivity contribution >= 4 is 11.9 Å². The van der Waals surface area contributed by atoms with Gasteiger partial charge < -0.3 is 5.32 Å². The van der Waals surface area contributed by atoms with Crippen LogP contribution < -0.4 is 5.32 Å². The molecule has 0 aliphatic rings. The molecule has 0 radical (unpaired) electrons. The number of unbranched alkanes of at least 4 members (excludes halogenated alkanes) is 47. The fourth-order valence-corrected chi connectivity index (χ4v) is 9.43. The lowest BCUT2D eigenvalue weighted by Gasteiger charge is -2.21. The van der Waals surface area contributed by atoms with Crippen molar-refractivity contribution in [3.63, 3.8) is 0 Å². The molecule has 0 unspecified atom stereocenters. The predicted octanol–water partition coefficient (Wildman–Crippen LogP) is 20.5. The highest BCUT2D eigenvalue weighted by molar-refractivity contribution is 5.94. The standard InChI is InChI=1S/C58H116N2O2/c1-4-7-10-13-16-19-22-25-28-31-32-33-36-39-42-45-48-51-54-57(61)60(56-53-50-47-44-41-38-35-30-27-24-21-18-15-12-9-6-3)58(62)59-55-52-49-46-43-40-37-34-29-26-23-20-17-14-11-8-5-2/h4-56H2,1-3H3,(H,59,62). The zero-order valence-corrected chi connectivity index (χ0v) is 43.2. The minimum atomic E-state index is -0.140. The zero-order chi connectivity index (χ0) is 44.9. The number of nitrogens with zero attached hydrogens (tertiary/aromatic N) is 1. The van der Waals surface area contributed by atoms with E-state index < -0.39 is 0 Å². The van der Waals surface area contributed by atoms with Gasteiger partial charge in [-0.05, 0) is 19.3 Å². The Labute approximate surface area is 391 Å². The average Bonchev–Trinajstić information content (AvgIpc) is 3.28. The van der Waals surface area contributed by atoms with Crippen LogP contribution in [0.4, 0.5) is 4.79 Å². The Kier molecular flexibility index (Phi) is 53.3. The number of urea groups is 1. The second kappa shape index (κ2) is 54.3. The molecule has 4 heteroatoms. The van der Waals surface area contributed by atoms with Crippen LogP contribution in [0, 0.1) is 0 Å². The number of carbonyl (C=O) groups excluding carboxylic acids is 2. The van der Waals surface area contributed by atoms with Crippen LogP contribution in [-0.4, -0.2) is 29.9 Å². The lowest BCUT2D eigenvalue weighted by atomic mass is 10.0. The van der Waals surface area contributed by atoms with Crippen molar-refractivity contribution in [1.82, 2.24) is 10.2 Å². The monoisotopic (exact) mass is 873 g/mol. The van der Waals surface area contributed by atoms with E-state index in [0.29, 0.717) is 19.5 Å². The maximum atomic E-state index is 13.4. The van der Waals surface area contributed by atoms with Gasteiger partial charge in [-0.25, -0.2) is 4.79 Å².